The fourth-order valence-corrected chi connectivity index (χ4v) is 2.35. The molecular formula is C15H23NO4S. The summed E-state index contributed by atoms with van der Waals surface area (Å²) in [5, 5.41) is 0. The molecule has 118 valence electrons. The maximum Gasteiger partial charge on any atom is 0.306 e. The molecule has 0 aliphatic heterocycles. The van der Waals surface area contributed by atoms with Crippen molar-refractivity contribution in [2.45, 2.75) is 45.6 Å². The number of aryl methyl sites for hydroxylation is 1. The van der Waals surface area contributed by atoms with E-state index >= 15 is 0 Å². The minimum absolute atomic E-state index is 0.196. The highest BCUT2D eigenvalue weighted by Crippen LogP contribution is 2.14. The Kier molecular flexibility index (Phi) is 5.78. The first kappa shape index (κ1) is 17.5. The molecule has 0 atom stereocenters. The zero-order valence-corrected chi connectivity index (χ0v) is 13.8. The normalized spacial score (nSPS) is 12.0. The summed E-state index contributed by atoms with van der Waals surface area (Å²) in [5.41, 5.74) is 1.14. The summed E-state index contributed by atoms with van der Waals surface area (Å²) in [5.74, 6) is -0.196. The van der Waals surface area contributed by atoms with E-state index in [1.165, 1.54) is 0 Å². The summed E-state index contributed by atoms with van der Waals surface area (Å²) in [7, 11) is -3.25. The van der Waals surface area contributed by atoms with Crippen LogP contribution in [0.1, 0.15) is 39.2 Å². The topological polar surface area (TPSA) is 72.5 Å². The van der Waals surface area contributed by atoms with Crippen LogP contribution >= 0.6 is 0 Å². The van der Waals surface area contributed by atoms with Crippen LogP contribution in [0.25, 0.3) is 0 Å². The molecule has 0 aliphatic carbocycles. The Labute approximate surface area is 126 Å². The highest BCUT2D eigenvalue weighted by Gasteiger charge is 2.15. The SMILES string of the molecule is CC(C)(C)OC(=O)CCCc1ccc(NS(C)(=O)=O)cc1. The van der Waals surface area contributed by atoms with Gasteiger partial charge in [0.2, 0.25) is 10.0 Å². The fraction of sp³-hybridized carbons (Fsp3) is 0.533. The van der Waals surface area contributed by atoms with Crippen molar-refractivity contribution in [3.63, 3.8) is 0 Å². The number of hydrogen-bond acceptors (Lipinski definition) is 4. The maximum absolute atomic E-state index is 11.6. The van der Waals surface area contributed by atoms with E-state index in [4.69, 9.17) is 4.74 Å². The number of esters is 1. The van der Waals surface area contributed by atoms with E-state index in [9.17, 15) is 13.2 Å². The molecular weight excluding hydrogens is 290 g/mol. The van der Waals surface area contributed by atoms with Gasteiger partial charge in [-0.2, -0.15) is 0 Å². The second kappa shape index (κ2) is 6.93. The summed E-state index contributed by atoms with van der Waals surface area (Å²) in [4.78, 5) is 11.6. The van der Waals surface area contributed by atoms with E-state index in [0.29, 0.717) is 18.5 Å². The lowest BCUT2D eigenvalue weighted by molar-refractivity contribution is -0.154. The molecule has 0 aliphatic rings. The number of rotatable bonds is 6. The number of carbonyl (C=O) groups excluding carboxylic acids is 1. The molecule has 1 rings (SSSR count). The second-order valence-corrected chi connectivity index (χ2v) is 7.76. The van der Waals surface area contributed by atoms with Gasteiger partial charge in [0, 0.05) is 12.1 Å². The Morgan fingerprint density at radius 2 is 1.76 bits per heavy atom. The van der Waals surface area contributed by atoms with Gasteiger partial charge in [0.1, 0.15) is 5.60 Å². The van der Waals surface area contributed by atoms with Crippen molar-refractivity contribution in [1.82, 2.24) is 0 Å². The number of carbonyl (C=O) groups is 1. The van der Waals surface area contributed by atoms with Gasteiger partial charge in [-0.15, -0.1) is 0 Å². The molecule has 5 nitrogen and oxygen atoms in total. The van der Waals surface area contributed by atoms with Crippen molar-refractivity contribution in [2.24, 2.45) is 0 Å². The Hall–Kier alpha value is -1.56. The molecule has 21 heavy (non-hydrogen) atoms. The average molecular weight is 313 g/mol. The lowest BCUT2D eigenvalue weighted by Crippen LogP contribution is -2.23. The zero-order chi connectivity index (χ0) is 16.1. The minimum Gasteiger partial charge on any atom is -0.460 e. The average Bonchev–Trinajstić information content (AvgIpc) is 2.27. The predicted octanol–water partition coefficient (Wildman–Crippen LogP) is 2.72. The summed E-state index contributed by atoms with van der Waals surface area (Å²) in [6.45, 7) is 5.54. The third-order valence-corrected chi connectivity index (χ3v) is 3.13. The predicted molar refractivity (Wildman–Crippen MR) is 83.7 cm³/mol. The van der Waals surface area contributed by atoms with Crippen LogP contribution in [0, 0.1) is 0 Å². The van der Waals surface area contributed by atoms with Gasteiger partial charge in [0.05, 0.1) is 6.26 Å². The smallest absolute Gasteiger partial charge is 0.306 e. The number of nitrogens with one attached hydrogen (secondary N) is 1. The largest absolute Gasteiger partial charge is 0.460 e. The molecule has 0 amide bonds. The van der Waals surface area contributed by atoms with Crippen LogP contribution in [0.5, 0.6) is 0 Å². The third-order valence-electron chi connectivity index (χ3n) is 2.52. The fourth-order valence-electron chi connectivity index (χ4n) is 1.78. The van der Waals surface area contributed by atoms with Crippen LogP contribution in [0.4, 0.5) is 5.69 Å². The van der Waals surface area contributed by atoms with E-state index < -0.39 is 15.6 Å². The molecule has 0 aromatic heterocycles. The molecule has 0 unspecified atom stereocenters. The molecule has 0 bridgehead atoms. The lowest BCUT2D eigenvalue weighted by Gasteiger charge is -2.19. The quantitative estimate of drug-likeness (QED) is 0.820. The van der Waals surface area contributed by atoms with E-state index in [2.05, 4.69) is 4.72 Å². The van der Waals surface area contributed by atoms with Gasteiger partial charge in [0.25, 0.3) is 0 Å². The van der Waals surface area contributed by atoms with Crippen molar-refractivity contribution in [1.29, 1.82) is 0 Å². The van der Waals surface area contributed by atoms with Gasteiger partial charge < -0.3 is 4.74 Å². The third kappa shape index (κ3) is 8.34. The molecule has 1 aromatic rings. The molecule has 0 radical (unpaired) electrons. The molecule has 0 saturated carbocycles. The van der Waals surface area contributed by atoms with Crippen molar-refractivity contribution in [2.75, 3.05) is 11.0 Å². The second-order valence-electron chi connectivity index (χ2n) is 6.01. The van der Waals surface area contributed by atoms with Crippen LogP contribution in [0.3, 0.4) is 0 Å². The van der Waals surface area contributed by atoms with Crippen LogP contribution in [0.15, 0.2) is 24.3 Å². The van der Waals surface area contributed by atoms with Crippen molar-refractivity contribution < 1.29 is 17.9 Å². The van der Waals surface area contributed by atoms with E-state index in [0.717, 1.165) is 18.2 Å². The Morgan fingerprint density at radius 1 is 1.19 bits per heavy atom. The molecule has 0 spiro atoms. The number of hydrogen-bond donors (Lipinski definition) is 1. The standard InChI is InChI=1S/C15H23NO4S/c1-15(2,3)20-14(17)7-5-6-12-8-10-13(11-9-12)16-21(4,18)19/h8-11,16H,5-7H2,1-4H3. The first-order chi connectivity index (χ1) is 9.55. The van der Waals surface area contributed by atoms with E-state index in [1.54, 1.807) is 12.1 Å². The Bertz CT molecular complexity index is 571. The van der Waals surface area contributed by atoms with Crippen LogP contribution in [-0.2, 0) is 26.0 Å². The van der Waals surface area contributed by atoms with Crippen LogP contribution < -0.4 is 4.72 Å². The Morgan fingerprint density at radius 3 is 2.24 bits per heavy atom. The molecule has 0 fully saturated rings. The van der Waals surface area contributed by atoms with E-state index in [-0.39, 0.29) is 5.97 Å². The first-order valence-corrected chi connectivity index (χ1v) is 8.73. The molecule has 6 heteroatoms. The van der Waals surface area contributed by atoms with Gasteiger partial charge in [-0.25, -0.2) is 8.42 Å². The van der Waals surface area contributed by atoms with Gasteiger partial charge in [-0.3, -0.25) is 9.52 Å². The summed E-state index contributed by atoms with van der Waals surface area (Å²) in [6, 6.07) is 7.12. The van der Waals surface area contributed by atoms with Crippen molar-refractivity contribution in [3.05, 3.63) is 29.8 Å². The number of sulfonamides is 1. The van der Waals surface area contributed by atoms with Gasteiger partial charge in [0.15, 0.2) is 0 Å². The molecule has 1 aromatic carbocycles. The minimum atomic E-state index is -3.25. The number of ether oxygens (including phenoxy) is 1. The maximum atomic E-state index is 11.6. The first-order valence-electron chi connectivity index (χ1n) is 6.84. The van der Waals surface area contributed by atoms with Crippen molar-refractivity contribution in [3.8, 4) is 0 Å². The van der Waals surface area contributed by atoms with Crippen LogP contribution in [0.2, 0.25) is 0 Å². The summed E-state index contributed by atoms with van der Waals surface area (Å²) < 4.78 is 29.8. The lowest BCUT2D eigenvalue weighted by atomic mass is 10.1. The summed E-state index contributed by atoms with van der Waals surface area (Å²) in [6.07, 6.45) is 2.94. The zero-order valence-electron chi connectivity index (χ0n) is 13.0. The molecule has 0 heterocycles. The monoisotopic (exact) mass is 313 g/mol. The van der Waals surface area contributed by atoms with E-state index in [1.807, 2.05) is 32.9 Å². The van der Waals surface area contributed by atoms with Gasteiger partial charge in [-0.05, 0) is 51.3 Å². The van der Waals surface area contributed by atoms with Gasteiger partial charge >= 0.3 is 5.97 Å². The highest BCUT2D eigenvalue weighted by molar-refractivity contribution is 7.92. The molecule has 1 N–H and O–H groups in total. The van der Waals surface area contributed by atoms with Crippen LogP contribution in [-0.4, -0.2) is 26.2 Å². The highest BCUT2D eigenvalue weighted by atomic mass is 32.2. The number of benzene rings is 1. The summed E-state index contributed by atoms with van der Waals surface area (Å²) >= 11 is 0. The molecule has 0 saturated heterocycles. The van der Waals surface area contributed by atoms with Gasteiger partial charge in [-0.1, -0.05) is 12.1 Å². The number of anilines is 1. The van der Waals surface area contributed by atoms with Crippen molar-refractivity contribution >= 4 is 21.7 Å². The Balaban J connectivity index is 2.41.